The zero-order valence-electron chi connectivity index (χ0n) is 15.0. The molecule has 1 heterocycles. The van der Waals surface area contributed by atoms with E-state index >= 15 is 0 Å². The number of amides is 1. The molecule has 3 rings (SSSR count). The van der Waals surface area contributed by atoms with E-state index < -0.39 is 21.7 Å². The second kappa shape index (κ2) is 8.28. The fourth-order valence-corrected chi connectivity index (χ4v) is 2.95. The van der Waals surface area contributed by atoms with Gasteiger partial charge in [0.2, 0.25) is 10.0 Å². The molecule has 2 N–H and O–H groups in total. The molecule has 0 aliphatic heterocycles. The highest BCUT2D eigenvalue weighted by Gasteiger charge is 2.15. The van der Waals surface area contributed by atoms with Crippen LogP contribution in [-0.4, -0.2) is 35.6 Å². The van der Waals surface area contributed by atoms with E-state index in [4.69, 9.17) is 0 Å². The Hall–Kier alpha value is -3.11. The van der Waals surface area contributed by atoms with Crippen LogP contribution in [0.5, 0.6) is 0 Å². The smallest absolute Gasteiger partial charge is 0.271 e. The minimum atomic E-state index is -3.29. The third kappa shape index (κ3) is 5.21. The first-order valence-corrected chi connectivity index (χ1v) is 10.2. The molecule has 0 aliphatic carbocycles. The standard InChI is InChI=1S/C18H18FN5O3S/c1-28(26,27)22-11-14-5-2-4-13(8-14)10-20-18(25)17-12-21-23-24(17)16-7-3-6-15(19)9-16/h2-9,12,22H,10-11H2,1H3,(H,20,25). The van der Waals surface area contributed by atoms with Gasteiger partial charge in [0.1, 0.15) is 5.82 Å². The Bertz CT molecular complexity index is 1100. The predicted octanol–water partition coefficient (Wildman–Crippen LogP) is 1.39. The van der Waals surface area contributed by atoms with Crippen molar-refractivity contribution in [2.45, 2.75) is 13.1 Å². The van der Waals surface area contributed by atoms with E-state index in [9.17, 15) is 17.6 Å². The Balaban J connectivity index is 1.68. The lowest BCUT2D eigenvalue weighted by Crippen LogP contribution is -2.25. The number of carbonyl (C=O) groups is 1. The van der Waals surface area contributed by atoms with Crippen molar-refractivity contribution in [3.8, 4) is 5.69 Å². The highest BCUT2D eigenvalue weighted by molar-refractivity contribution is 7.88. The highest BCUT2D eigenvalue weighted by atomic mass is 32.2. The van der Waals surface area contributed by atoms with Gasteiger partial charge in [-0.1, -0.05) is 35.5 Å². The molecule has 0 spiro atoms. The van der Waals surface area contributed by atoms with Gasteiger partial charge in [0.05, 0.1) is 18.1 Å². The van der Waals surface area contributed by atoms with Crippen LogP contribution in [0.3, 0.4) is 0 Å². The topological polar surface area (TPSA) is 106 Å². The summed E-state index contributed by atoms with van der Waals surface area (Å²) in [7, 11) is -3.29. The van der Waals surface area contributed by atoms with Crippen LogP contribution < -0.4 is 10.0 Å². The number of aromatic nitrogens is 3. The SMILES string of the molecule is CS(=O)(=O)NCc1cccc(CNC(=O)c2cnnn2-c2cccc(F)c2)c1. The lowest BCUT2D eigenvalue weighted by atomic mass is 10.1. The van der Waals surface area contributed by atoms with Gasteiger partial charge in [-0.15, -0.1) is 5.10 Å². The normalized spacial score (nSPS) is 11.4. The zero-order valence-corrected chi connectivity index (χ0v) is 15.8. The van der Waals surface area contributed by atoms with Crippen LogP contribution in [0.15, 0.2) is 54.7 Å². The maximum absolute atomic E-state index is 13.4. The van der Waals surface area contributed by atoms with E-state index in [1.54, 1.807) is 24.3 Å². The summed E-state index contributed by atoms with van der Waals surface area (Å²) in [6, 6.07) is 12.9. The van der Waals surface area contributed by atoms with Gasteiger partial charge < -0.3 is 5.32 Å². The van der Waals surface area contributed by atoms with Crippen LogP contribution in [0, 0.1) is 5.82 Å². The average Bonchev–Trinajstić information content (AvgIpc) is 3.14. The van der Waals surface area contributed by atoms with E-state index in [1.807, 2.05) is 6.07 Å². The highest BCUT2D eigenvalue weighted by Crippen LogP contribution is 2.11. The molecule has 2 aromatic carbocycles. The molecule has 0 fully saturated rings. The maximum atomic E-state index is 13.4. The lowest BCUT2D eigenvalue weighted by Gasteiger charge is -2.09. The summed E-state index contributed by atoms with van der Waals surface area (Å²) in [4.78, 5) is 12.5. The number of hydrogen-bond acceptors (Lipinski definition) is 5. The molecule has 0 bridgehead atoms. The van der Waals surface area contributed by atoms with Crippen LogP contribution in [0.25, 0.3) is 5.69 Å². The Morgan fingerprint density at radius 3 is 2.54 bits per heavy atom. The molecule has 10 heteroatoms. The summed E-state index contributed by atoms with van der Waals surface area (Å²) in [5.41, 5.74) is 2.12. The van der Waals surface area contributed by atoms with Crippen molar-refractivity contribution in [3.05, 3.63) is 77.4 Å². The van der Waals surface area contributed by atoms with Crippen molar-refractivity contribution in [1.82, 2.24) is 25.0 Å². The van der Waals surface area contributed by atoms with Gasteiger partial charge in [0.15, 0.2) is 5.69 Å². The Kier molecular flexibility index (Phi) is 5.81. The fraction of sp³-hybridized carbons (Fsp3) is 0.167. The number of nitrogens with zero attached hydrogens (tertiary/aromatic N) is 3. The van der Waals surface area contributed by atoms with Gasteiger partial charge in [-0.3, -0.25) is 4.79 Å². The first-order valence-electron chi connectivity index (χ1n) is 8.29. The summed E-state index contributed by atoms with van der Waals surface area (Å²) in [5, 5.41) is 10.3. The first kappa shape index (κ1) is 19.6. The maximum Gasteiger partial charge on any atom is 0.271 e. The molecule has 3 aromatic rings. The van der Waals surface area contributed by atoms with Gasteiger partial charge in [-0.25, -0.2) is 22.2 Å². The molecule has 0 unspecified atom stereocenters. The van der Waals surface area contributed by atoms with Crippen molar-refractivity contribution in [2.24, 2.45) is 0 Å². The predicted molar refractivity (Wildman–Crippen MR) is 101 cm³/mol. The fourth-order valence-electron chi connectivity index (χ4n) is 2.53. The number of rotatable bonds is 7. The molecule has 0 saturated heterocycles. The van der Waals surface area contributed by atoms with E-state index in [0.29, 0.717) is 5.69 Å². The van der Waals surface area contributed by atoms with Crippen LogP contribution >= 0.6 is 0 Å². The van der Waals surface area contributed by atoms with Crippen molar-refractivity contribution >= 4 is 15.9 Å². The second-order valence-corrected chi connectivity index (χ2v) is 7.94. The van der Waals surface area contributed by atoms with E-state index in [-0.39, 0.29) is 18.8 Å². The van der Waals surface area contributed by atoms with Crippen LogP contribution in [0.4, 0.5) is 4.39 Å². The summed E-state index contributed by atoms with van der Waals surface area (Å²) < 4.78 is 39.5. The van der Waals surface area contributed by atoms with Crippen LogP contribution in [0.1, 0.15) is 21.6 Å². The third-order valence-corrected chi connectivity index (χ3v) is 4.49. The number of halogens is 1. The molecular formula is C18H18FN5O3S. The molecule has 8 nitrogen and oxygen atoms in total. The third-order valence-electron chi connectivity index (χ3n) is 3.82. The van der Waals surface area contributed by atoms with Crippen molar-refractivity contribution in [1.29, 1.82) is 0 Å². The second-order valence-electron chi connectivity index (χ2n) is 6.11. The molecular weight excluding hydrogens is 385 g/mol. The summed E-state index contributed by atoms with van der Waals surface area (Å²) in [5.74, 6) is -0.868. The van der Waals surface area contributed by atoms with Crippen molar-refractivity contribution in [3.63, 3.8) is 0 Å². The number of benzene rings is 2. The molecule has 1 amide bonds. The number of nitrogens with one attached hydrogen (secondary N) is 2. The molecule has 28 heavy (non-hydrogen) atoms. The zero-order chi connectivity index (χ0) is 20.1. The van der Waals surface area contributed by atoms with Gasteiger partial charge in [-0.2, -0.15) is 0 Å². The lowest BCUT2D eigenvalue weighted by molar-refractivity contribution is 0.0943. The average molecular weight is 403 g/mol. The van der Waals surface area contributed by atoms with E-state index in [2.05, 4.69) is 20.4 Å². The van der Waals surface area contributed by atoms with Gasteiger partial charge in [0, 0.05) is 13.1 Å². The molecule has 0 aliphatic rings. The minimum Gasteiger partial charge on any atom is -0.347 e. The van der Waals surface area contributed by atoms with Gasteiger partial charge in [-0.05, 0) is 29.3 Å². The van der Waals surface area contributed by atoms with Gasteiger partial charge in [0.25, 0.3) is 5.91 Å². The Labute approximate surface area is 161 Å². The quantitative estimate of drug-likeness (QED) is 0.620. The molecule has 0 atom stereocenters. The molecule has 146 valence electrons. The van der Waals surface area contributed by atoms with E-state index in [0.717, 1.165) is 17.4 Å². The van der Waals surface area contributed by atoms with Crippen LogP contribution in [0.2, 0.25) is 0 Å². The van der Waals surface area contributed by atoms with Crippen LogP contribution in [-0.2, 0) is 23.1 Å². The minimum absolute atomic E-state index is 0.164. The summed E-state index contributed by atoms with van der Waals surface area (Å²) >= 11 is 0. The van der Waals surface area contributed by atoms with Crippen molar-refractivity contribution < 1.29 is 17.6 Å². The van der Waals surface area contributed by atoms with E-state index in [1.165, 1.54) is 29.1 Å². The summed E-state index contributed by atoms with van der Waals surface area (Å²) in [6.07, 6.45) is 2.39. The monoisotopic (exact) mass is 403 g/mol. The number of hydrogen-bond donors (Lipinski definition) is 2. The molecule has 0 radical (unpaired) electrons. The largest absolute Gasteiger partial charge is 0.347 e. The van der Waals surface area contributed by atoms with Gasteiger partial charge >= 0.3 is 0 Å². The summed E-state index contributed by atoms with van der Waals surface area (Å²) in [6.45, 7) is 0.386. The number of sulfonamides is 1. The Morgan fingerprint density at radius 1 is 1.11 bits per heavy atom. The first-order chi connectivity index (χ1) is 13.3. The van der Waals surface area contributed by atoms with Crippen molar-refractivity contribution in [2.75, 3.05) is 6.26 Å². The molecule has 0 saturated carbocycles. The molecule has 1 aromatic heterocycles. The Morgan fingerprint density at radius 2 is 1.82 bits per heavy atom. The number of carbonyl (C=O) groups excluding carboxylic acids is 1.